The van der Waals surface area contributed by atoms with Crippen LogP contribution in [0.3, 0.4) is 0 Å². The molecule has 1 aromatic carbocycles. The quantitative estimate of drug-likeness (QED) is 0.762. The fourth-order valence-corrected chi connectivity index (χ4v) is 1.71. The molecule has 0 spiro atoms. The van der Waals surface area contributed by atoms with Gasteiger partial charge in [-0.2, -0.15) is 5.26 Å². The highest BCUT2D eigenvalue weighted by molar-refractivity contribution is 5.37. The molecule has 0 N–H and O–H groups in total. The number of nitriles is 1. The van der Waals surface area contributed by atoms with Gasteiger partial charge < -0.3 is 0 Å². The smallest absolute Gasteiger partial charge is 0.123 e. The molecule has 0 saturated carbocycles. The van der Waals surface area contributed by atoms with Gasteiger partial charge in [-0.1, -0.05) is 13.8 Å². The van der Waals surface area contributed by atoms with Gasteiger partial charge in [-0.05, 0) is 43.3 Å². The van der Waals surface area contributed by atoms with E-state index in [1.165, 1.54) is 12.1 Å². The molecular weight excluding hydrogens is 203 g/mol. The molecule has 0 bridgehead atoms. The van der Waals surface area contributed by atoms with E-state index in [1.807, 2.05) is 0 Å². The number of nitrogens with zero attached hydrogens (tertiary/aromatic N) is 2. The van der Waals surface area contributed by atoms with Crippen molar-refractivity contribution < 1.29 is 4.39 Å². The lowest BCUT2D eigenvalue weighted by molar-refractivity contribution is 0.280. The van der Waals surface area contributed by atoms with Gasteiger partial charge in [-0.25, -0.2) is 4.39 Å². The Morgan fingerprint density at radius 2 is 2.12 bits per heavy atom. The van der Waals surface area contributed by atoms with Gasteiger partial charge >= 0.3 is 0 Å². The van der Waals surface area contributed by atoms with Crippen molar-refractivity contribution in [3.63, 3.8) is 0 Å². The van der Waals surface area contributed by atoms with Gasteiger partial charge in [0.25, 0.3) is 0 Å². The van der Waals surface area contributed by atoms with Crippen molar-refractivity contribution in [2.75, 3.05) is 13.1 Å². The Morgan fingerprint density at radius 1 is 1.38 bits per heavy atom. The lowest BCUT2D eigenvalue weighted by Crippen LogP contribution is -2.24. The van der Waals surface area contributed by atoms with Crippen LogP contribution in [0.4, 0.5) is 4.39 Å². The maximum Gasteiger partial charge on any atom is 0.123 e. The van der Waals surface area contributed by atoms with E-state index >= 15 is 0 Å². The Balaban J connectivity index is 2.86. The second-order valence-electron chi connectivity index (χ2n) is 3.78. The molecule has 0 aliphatic rings. The number of benzene rings is 1. The zero-order valence-electron chi connectivity index (χ0n) is 9.83. The summed E-state index contributed by atoms with van der Waals surface area (Å²) in [7, 11) is 0. The minimum atomic E-state index is -0.276. The molecule has 1 aromatic rings. The van der Waals surface area contributed by atoms with Crippen LogP contribution in [0.1, 0.15) is 31.4 Å². The molecule has 1 rings (SSSR count). The first-order valence-electron chi connectivity index (χ1n) is 5.62. The minimum Gasteiger partial charge on any atom is -0.299 e. The number of rotatable bonds is 5. The summed E-state index contributed by atoms with van der Waals surface area (Å²) < 4.78 is 13.1. The first-order chi connectivity index (χ1) is 7.71. The summed E-state index contributed by atoms with van der Waals surface area (Å²) in [5, 5.41) is 8.93. The van der Waals surface area contributed by atoms with Crippen LogP contribution in [-0.4, -0.2) is 18.0 Å². The first-order valence-corrected chi connectivity index (χ1v) is 5.62. The van der Waals surface area contributed by atoms with Crippen molar-refractivity contribution in [3.05, 3.63) is 35.1 Å². The monoisotopic (exact) mass is 220 g/mol. The molecule has 0 fully saturated rings. The summed E-state index contributed by atoms with van der Waals surface area (Å²) in [5.74, 6) is -0.276. The van der Waals surface area contributed by atoms with Crippen molar-refractivity contribution in [1.82, 2.24) is 4.90 Å². The van der Waals surface area contributed by atoms with E-state index in [9.17, 15) is 4.39 Å². The predicted molar refractivity (Wildman–Crippen MR) is 62.4 cm³/mol. The third kappa shape index (κ3) is 3.32. The number of hydrogen-bond acceptors (Lipinski definition) is 2. The van der Waals surface area contributed by atoms with Crippen molar-refractivity contribution in [2.24, 2.45) is 0 Å². The van der Waals surface area contributed by atoms with Crippen LogP contribution < -0.4 is 0 Å². The average Bonchev–Trinajstić information content (AvgIpc) is 2.29. The molecule has 0 heterocycles. The third-order valence-corrected chi connectivity index (χ3v) is 2.57. The molecule has 86 valence electrons. The molecule has 0 saturated heterocycles. The molecule has 3 heteroatoms. The highest BCUT2D eigenvalue weighted by atomic mass is 19.1. The van der Waals surface area contributed by atoms with E-state index < -0.39 is 0 Å². The largest absolute Gasteiger partial charge is 0.299 e. The van der Waals surface area contributed by atoms with Crippen LogP contribution in [0, 0.1) is 17.1 Å². The van der Waals surface area contributed by atoms with Crippen LogP contribution in [0.15, 0.2) is 18.2 Å². The molecule has 16 heavy (non-hydrogen) atoms. The Kier molecular flexibility index (Phi) is 4.94. The van der Waals surface area contributed by atoms with Gasteiger partial charge in [0, 0.05) is 6.54 Å². The van der Waals surface area contributed by atoms with E-state index in [1.54, 1.807) is 6.07 Å². The summed E-state index contributed by atoms with van der Waals surface area (Å²) in [6, 6.07) is 6.43. The van der Waals surface area contributed by atoms with Crippen LogP contribution in [-0.2, 0) is 6.54 Å². The zero-order valence-corrected chi connectivity index (χ0v) is 9.83. The van der Waals surface area contributed by atoms with E-state index in [4.69, 9.17) is 5.26 Å². The Hall–Kier alpha value is -1.40. The molecule has 0 aromatic heterocycles. The van der Waals surface area contributed by atoms with Crippen LogP contribution >= 0.6 is 0 Å². The van der Waals surface area contributed by atoms with Gasteiger partial charge in [0.1, 0.15) is 5.82 Å². The highest BCUT2D eigenvalue weighted by Gasteiger charge is 2.08. The van der Waals surface area contributed by atoms with Gasteiger partial charge in [-0.15, -0.1) is 0 Å². The summed E-state index contributed by atoms with van der Waals surface area (Å²) >= 11 is 0. The molecule has 2 nitrogen and oxygen atoms in total. The molecular formula is C13H17FN2. The van der Waals surface area contributed by atoms with Gasteiger partial charge in [-0.3, -0.25) is 4.90 Å². The fraction of sp³-hybridized carbons (Fsp3) is 0.462. The Labute approximate surface area is 96.3 Å². The van der Waals surface area contributed by atoms with Gasteiger partial charge in [0.15, 0.2) is 0 Å². The van der Waals surface area contributed by atoms with Crippen molar-refractivity contribution >= 4 is 0 Å². The van der Waals surface area contributed by atoms with Crippen LogP contribution in [0.25, 0.3) is 0 Å². The van der Waals surface area contributed by atoms with E-state index in [2.05, 4.69) is 24.8 Å². The van der Waals surface area contributed by atoms with E-state index in [-0.39, 0.29) is 5.82 Å². The molecule has 0 amide bonds. The Morgan fingerprint density at radius 3 is 2.69 bits per heavy atom. The number of hydrogen-bond donors (Lipinski definition) is 0. The Bertz CT molecular complexity index is 382. The minimum absolute atomic E-state index is 0.276. The maximum atomic E-state index is 13.1. The van der Waals surface area contributed by atoms with Crippen molar-refractivity contribution in [2.45, 2.75) is 26.8 Å². The molecule has 0 unspecified atom stereocenters. The maximum absolute atomic E-state index is 13.1. The predicted octanol–water partition coefficient (Wildman–Crippen LogP) is 2.93. The second kappa shape index (κ2) is 6.24. The summed E-state index contributed by atoms with van der Waals surface area (Å²) in [6.07, 6.45) is 1.06. The number of halogens is 1. The normalized spacial score (nSPS) is 10.4. The summed E-state index contributed by atoms with van der Waals surface area (Å²) in [6.45, 7) is 6.71. The molecule has 0 radical (unpaired) electrons. The molecule has 0 atom stereocenters. The highest BCUT2D eigenvalue weighted by Crippen LogP contribution is 2.13. The van der Waals surface area contributed by atoms with Gasteiger partial charge in [0.2, 0.25) is 0 Å². The molecule has 0 aliphatic heterocycles. The van der Waals surface area contributed by atoms with Crippen LogP contribution in [0.2, 0.25) is 0 Å². The fourth-order valence-electron chi connectivity index (χ4n) is 1.71. The summed E-state index contributed by atoms with van der Waals surface area (Å²) in [4.78, 5) is 2.20. The summed E-state index contributed by atoms with van der Waals surface area (Å²) in [5.41, 5.74) is 1.34. The zero-order chi connectivity index (χ0) is 12.0. The van der Waals surface area contributed by atoms with Crippen molar-refractivity contribution in [1.29, 1.82) is 5.26 Å². The van der Waals surface area contributed by atoms with Gasteiger partial charge in [0.05, 0.1) is 11.6 Å². The van der Waals surface area contributed by atoms with Crippen molar-refractivity contribution in [3.8, 4) is 6.07 Å². The van der Waals surface area contributed by atoms with E-state index in [0.717, 1.165) is 25.1 Å². The molecule has 0 aliphatic carbocycles. The second-order valence-corrected chi connectivity index (χ2v) is 3.78. The lowest BCUT2D eigenvalue weighted by atomic mass is 10.1. The van der Waals surface area contributed by atoms with E-state index in [0.29, 0.717) is 12.1 Å². The first kappa shape index (κ1) is 12.7. The average molecular weight is 220 g/mol. The van der Waals surface area contributed by atoms with Crippen LogP contribution in [0.5, 0.6) is 0 Å². The SMILES string of the molecule is CCCN(CC)Cc1cc(F)ccc1C#N. The topological polar surface area (TPSA) is 27.0 Å². The third-order valence-electron chi connectivity index (χ3n) is 2.57. The standard InChI is InChI=1S/C13H17FN2/c1-3-7-16(4-2)10-12-8-13(14)6-5-11(12)9-15/h5-6,8H,3-4,7,10H2,1-2H3. The lowest BCUT2D eigenvalue weighted by Gasteiger charge is -2.20.